The topological polar surface area (TPSA) is 3.24 Å². The smallest absolute Gasteiger partial charge is 0.238 e. The number of nitrogens with zero attached hydrogens (tertiary/aromatic N) is 1. The van der Waals surface area contributed by atoms with E-state index in [0.717, 1.165) is 0 Å². The van der Waals surface area contributed by atoms with Gasteiger partial charge in [0.15, 0.2) is 0 Å². The van der Waals surface area contributed by atoms with E-state index in [4.69, 9.17) is 0 Å². The zero-order chi connectivity index (χ0) is 12.5. The quantitative estimate of drug-likeness (QED) is 0.328. The van der Waals surface area contributed by atoms with Crippen LogP contribution < -0.4 is 0 Å². The molecule has 0 spiro atoms. The summed E-state index contributed by atoms with van der Waals surface area (Å²) in [6.45, 7) is -2.14. The second kappa shape index (κ2) is 4.20. The summed E-state index contributed by atoms with van der Waals surface area (Å²) in [5, 5.41) is 0. The van der Waals surface area contributed by atoms with Gasteiger partial charge in [0.1, 0.15) is 0 Å². The van der Waals surface area contributed by atoms with Crippen molar-refractivity contribution in [1.82, 2.24) is 4.90 Å². The molecule has 0 unspecified atom stereocenters. The SMILES string of the molecule is FC(F)(F)N(CC[Si](F)(F)F)C(F)(F)F. The Morgan fingerprint density at radius 1 is 0.800 bits per heavy atom. The molecule has 1 nitrogen and oxygen atoms in total. The molecule has 0 amide bonds. The molecule has 0 aliphatic rings. The van der Waals surface area contributed by atoms with E-state index >= 15 is 0 Å². The number of halogens is 9. The predicted octanol–water partition coefficient (Wildman–Crippen LogP) is 3.18. The van der Waals surface area contributed by atoms with Crippen LogP contribution in [0.5, 0.6) is 0 Å². The molecule has 0 radical (unpaired) electrons. The van der Waals surface area contributed by atoms with Gasteiger partial charge in [-0.25, -0.2) is 12.3 Å². The van der Waals surface area contributed by atoms with Gasteiger partial charge in [0.05, 0.1) is 0 Å². The molecule has 11 heteroatoms. The lowest BCUT2D eigenvalue weighted by Gasteiger charge is -2.26. The van der Waals surface area contributed by atoms with Crippen molar-refractivity contribution in [2.45, 2.75) is 18.6 Å². The van der Waals surface area contributed by atoms with Crippen LogP contribution in [0.2, 0.25) is 6.04 Å². The summed E-state index contributed by atoms with van der Waals surface area (Å²) in [5.74, 6) is 0. The van der Waals surface area contributed by atoms with Gasteiger partial charge < -0.3 is 0 Å². The molecule has 0 heterocycles. The Hall–Kier alpha value is -0.453. The summed E-state index contributed by atoms with van der Waals surface area (Å²) in [4.78, 5) is -2.08. The normalized spacial score (nSPS) is 14.8. The fourth-order valence-corrected chi connectivity index (χ4v) is 1.11. The summed E-state index contributed by atoms with van der Waals surface area (Å²) < 4.78 is 105. The third kappa shape index (κ3) is 5.87. The van der Waals surface area contributed by atoms with Crippen molar-refractivity contribution < 1.29 is 38.7 Å². The lowest BCUT2D eigenvalue weighted by atomic mass is 10.6. The summed E-state index contributed by atoms with van der Waals surface area (Å²) in [6, 6.07) is -2.05. The van der Waals surface area contributed by atoms with E-state index in [-0.39, 0.29) is 0 Å². The first-order valence-electron chi connectivity index (χ1n) is 3.32. The second-order valence-corrected chi connectivity index (χ2v) is 4.18. The number of rotatable bonds is 3. The fourth-order valence-electron chi connectivity index (χ4n) is 0.636. The van der Waals surface area contributed by atoms with Gasteiger partial charge in [-0.1, -0.05) is 0 Å². The zero-order valence-corrected chi connectivity index (χ0v) is 7.76. The van der Waals surface area contributed by atoms with Crippen molar-refractivity contribution in [3.63, 3.8) is 0 Å². The molecule has 0 aromatic rings. The van der Waals surface area contributed by atoms with E-state index in [0.29, 0.717) is 0 Å². The van der Waals surface area contributed by atoms with Gasteiger partial charge in [-0.05, 0) is 0 Å². The molecule has 0 aliphatic heterocycles. The maximum Gasteiger partial charge on any atom is 0.617 e. The van der Waals surface area contributed by atoms with Gasteiger partial charge in [0.25, 0.3) is 0 Å². The second-order valence-electron chi connectivity index (χ2n) is 2.45. The molecule has 15 heavy (non-hydrogen) atoms. The maximum absolute atomic E-state index is 11.6. The highest BCUT2D eigenvalue weighted by Crippen LogP contribution is 2.34. The van der Waals surface area contributed by atoms with E-state index < -0.39 is 39.2 Å². The highest BCUT2D eigenvalue weighted by atomic mass is 28.5. The Balaban J connectivity index is 4.56. The van der Waals surface area contributed by atoms with Crippen molar-refractivity contribution in [3.05, 3.63) is 0 Å². The van der Waals surface area contributed by atoms with Gasteiger partial charge in [-0.15, -0.1) is 4.90 Å². The number of hydrogen-bond acceptors (Lipinski definition) is 1. The van der Waals surface area contributed by atoms with E-state index in [1.54, 1.807) is 0 Å². The van der Waals surface area contributed by atoms with Crippen LogP contribution in [0.15, 0.2) is 0 Å². The Labute approximate surface area is 79.0 Å². The Kier molecular flexibility index (Phi) is 4.07. The molecule has 0 aliphatic carbocycles. The van der Waals surface area contributed by atoms with Crippen molar-refractivity contribution in [1.29, 1.82) is 0 Å². The van der Waals surface area contributed by atoms with Crippen LogP contribution in [0.3, 0.4) is 0 Å². The van der Waals surface area contributed by atoms with Crippen LogP contribution in [-0.4, -0.2) is 33.1 Å². The summed E-state index contributed by atoms with van der Waals surface area (Å²) in [7, 11) is -6.42. The molecule has 0 N–H and O–H groups in total. The van der Waals surface area contributed by atoms with Gasteiger partial charge in [0, 0.05) is 12.6 Å². The van der Waals surface area contributed by atoms with Crippen LogP contribution in [-0.2, 0) is 0 Å². The summed E-state index contributed by atoms with van der Waals surface area (Å²) in [5.41, 5.74) is 0. The standard InChI is InChI=1S/C4H4F9NSi/c5-3(6,7)14(4(8,9)10)1-2-15(11,12)13/h1-2H2. The van der Waals surface area contributed by atoms with E-state index in [9.17, 15) is 38.7 Å². The molecular weight excluding hydrogens is 261 g/mol. The molecule has 0 saturated carbocycles. The highest BCUT2D eigenvalue weighted by molar-refractivity contribution is 6.58. The first-order chi connectivity index (χ1) is 6.34. The van der Waals surface area contributed by atoms with E-state index in [1.165, 1.54) is 0 Å². The first kappa shape index (κ1) is 14.5. The molecule has 0 rings (SSSR count). The van der Waals surface area contributed by atoms with Crippen LogP contribution in [0.1, 0.15) is 0 Å². The monoisotopic (exact) mass is 265 g/mol. The fraction of sp³-hybridized carbons (Fsp3) is 1.00. The van der Waals surface area contributed by atoms with Crippen LogP contribution in [0.4, 0.5) is 38.7 Å². The van der Waals surface area contributed by atoms with Gasteiger partial charge in [-0.2, -0.15) is 26.3 Å². The number of alkyl halides is 6. The van der Waals surface area contributed by atoms with Crippen LogP contribution in [0, 0.1) is 0 Å². The molecule has 92 valence electrons. The molecule has 0 saturated heterocycles. The van der Waals surface area contributed by atoms with Gasteiger partial charge in [0.2, 0.25) is 0 Å². The largest absolute Gasteiger partial charge is 0.617 e. The Morgan fingerprint density at radius 2 is 1.13 bits per heavy atom. The zero-order valence-electron chi connectivity index (χ0n) is 6.76. The third-order valence-corrected chi connectivity index (χ3v) is 2.02. The van der Waals surface area contributed by atoms with E-state index in [2.05, 4.69) is 0 Å². The predicted molar refractivity (Wildman–Crippen MR) is 32.7 cm³/mol. The lowest BCUT2D eigenvalue weighted by molar-refractivity contribution is -0.371. The molecule has 0 bridgehead atoms. The van der Waals surface area contributed by atoms with E-state index in [1.807, 2.05) is 0 Å². The lowest BCUT2D eigenvalue weighted by Crippen LogP contribution is -2.49. The Bertz CT molecular complexity index is 188. The molecular formula is C4H4F9NSi. The third-order valence-electron chi connectivity index (χ3n) is 1.23. The van der Waals surface area contributed by atoms with Crippen molar-refractivity contribution >= 4 is 9.08 Å². The van der Waals surface area contributed by atoms with Crippen molar-refractivity contribution in [2.24, 2.45) is 0 Å². The molecule has 0 fully saturated rings. The first-order valence-corrected chi connectivity index (χ1v) is 5.16. The highest BCUT2D eigenvalue weighted by Gasteiger charge is 2.55. The molecule has 0 aromatic heterocycles. The summed E-state index contributed by atoms with van der Waals surface area (Å²) in [6.07, 6.45) is -11.7. The van der Waals surface area contributed by atoms with Gasteiger partial charge >= 0.3 is 21.7 Å². The average Bonchev–Trinajstić information content (AvgIpc) is 1.75. The minimum absolute atomic E-state index is 2.05. The van der Waals surface area contributed by atoms with Gasteiger partial charge in [-0.3, -0.25) is 0 Å². The van der Waals surface area contributed by atoms with Crippen LogP contribution >= 0.6 is 0 Å². The average molecular weight is 265 g/mol. The van der Waals surface area contributed by atoms with Crippen LogP contribution in [0.25, 0.3) is 0 Å². The Morgan fingerprint density at radius 3 is 1.33 bits per heavy atom. The van der Waals surface area contributed by atoms with Crippen molar-refractivity contribution in [2.75, 3.05) is 6.54 Å². The molecule has 0 aromatic carbocycles. The molecule has 0 atom stereocenters. The minimum atomic E-state index is -6.42. The summed E-state index contributed by atoms with van der Waals surface area (Å²) >= 11 is 0. The minimum Gasteiger partial charge on any atom is -0.238 e. The van der Waals surface area contributed by atoms with Crippen molar-refractivity contribution in [3.8, 4) is 0 Å². The number of hydrogen-bond donors (Lipinski definition) is 0. The maximum atomic E-state index is 11.6.